The predicted octanol–water partition coefficient (Wildman–Crippen LogP) is 9.05. The van der Waals surface area contributed by atoms with Crippen LogP contribution in [-0.4, -0.2) is 40.6 Å². The molecule has 4 N–H and O–H groups in total. The summed E-state index contributed by atoms with van der Waals surface area (Å²) in [5.74, 6) is 1.30. The lowest BCUT2D eigenvalue weighted by Crippen LogP contribution is -2.67. The van der Waals surface area contributed by atoms with Crippen molar-refractivity contribution in [2.24, 2.45) is 56.7 Å². The van der Waals surface area contributed by atoms with Crippen molar-refractivity contribution in [2.45, 2.75) is 125 Å². The molecule has 2 aromatic rings. The van der Waals surface area contributed by atoms with Gasteiger partial charge in [-0.1, -0.05) is 58.9 Å². The molecular weight excluding hydrogens is 681 g/mol. The zero-order chi connectivity index (χ0) is 38.1. The molecule has 1 aromatic heterocycles. The molecule has 10 atom stereocenters. The molecule has 1 aromatic carbocycles. The molecule has 7 rings (SSSR count). The first kappa shape index (κ1) is 38.3. The predicted molar refractivity (Wildman–Crippen MR) is 211 cm³/mol. The van der Waals surface area contributed by atoms with Gasteiger partial charge in [-0.25, -0.2) is 4.79 Å². The van der Waals surface area contributed by atoms with E-state index < -0.39 is 11.4 Å². The molecule has 2 unspecified atom stereocenters. The topological polar surface area (TPSA) is 116 Å². The second-order valence-electron chi connectivity index (χ2n) is 19.2. The Kier molecular flexibility index (Phi) is 9.87. The highest BCUT2D eigenvalue weighted by atomic mass is 32.1. The van der Waals surface area contributed by atoms with Crippen LogP contribution in [0.3, 0.4) is 0 Å². The molecule has 0 spiro atoms. The second-order valence-corrected chi connectivity index (χ2v) is 20.3. The molecule has 0 radical (unpaired) electrons. The van der Waals surface area contributed by atoms with Crippen LogP contribution in [0.4, 0.5) is 0 Å². The molecule has 0 saturated heterocycles. The highest BCUT2D eigenvalue weighted by Gasteiger charge is 2.71. The van der Waals surface area contributed by atoms with Crippen molar-refractivity contribution in [3.8, 4) is 0 Å². The summed E-state index contributed by atoms with van der Waals surface area (Å²) in [6, 6.07) is 10.9. The van der Waals surface area contributed by atoms with Crippen molar-refractivity contribution in [3.05, 3.63) is 69.4 Å². The second kappa shape index (κ2) is 13.6. The summed E-state index contributed by atoms with van der Waals surface area (Å²) in [5.41, 5.74) is 2.75. The van der Waals surface area contributed by atoms with Crippen LogP contribution in [0, 0.1) is 56.7 Å². The summed E-state index contributed by atoms with van der Waals surface area (Å²) >= 11 is 1.23. The van der Waals surface area contributed by atoms with Gasteiger partial charge in [0, 0.05) is 23.5 Å². The van der Waals surface area contributed by atoms with E-state index in [9.17, 15) is 24.6 Å². The smallest absolute Gasteiger partial charge is 0.345 e. The van der Waals surface area contributed by atoms with E-state index in [1.165, 1.54) is 36.2 Å². The van der Waals surface area contributed by atoms with Gasteiger partial charge in [-0.15, -0.1) is 11.3 Å². The quantitative estimate of drug-likeness (QED) is 0.192. The lowest BCUT2D eigenvalue weighted by molar-refractivity contribution is -0.246. The maximum Gasteiger partial charge on any atom is 0.345 e. The van der Waals surface area contributed by atoms with E-state index in [1.54, 1.807) is 18.2 Å². The van der Waals surface area contributed by atoms with Crippen LogP contribution in [0.25, 0.3) is 0 Å². The number of carbonyl (C=O) groups is 3. The summed E-state index contributed by atoms with van der Waals surface area (Å²) in [6.45, 7) is 19.9. The molecule has 5 saturated carbocycles. The van der Waals surface area contributed by atoms with Crippen molar-refractivity contribution in [1.29, 1.82) is 0 Å². The number of fused-ring (bicyclic) bond motifs is 7. The van der Waals surface area contributed by atoms with Crippen LogP contribution in [-0.2, 0) is 17.8 Å². The maximum absolute atomic E-state index is 14.7. The lowest BCUT2D eigenvalue weighted by Gasteiger charge is -2.72. The average molecular weight is 743 g/mol. The standard InChI is InChI=1S/C45H62N2O5S/c1-27(2)31-15-21-45(40(52)47-26-28-9-8-10-29(25-28)38(49)46-24-18-30-11-13-33(53-30)39(50)51)23-22-43(6)32(37(31)45)12-14-35-42(5)19-17-36(48)41(3,4)34(42)16-20-44(35,43)7/h8-11,13,25,31-32,34-37,48H,1,12,14-24,26H2,2-7H3,(H,46,49)(H,47,52)(H,50,51)/t31-,32?,34?,35+,36-,37+,42-,43+,44+,45-/m0/s1. The Labute approximate surface area is 320 Å². The van der Waals surface area contributed by atoms with Crippen molar-refractivity contribution in [1.82, 2.24) is 10.6 Å². The molecule has 288 valence electrons. The number of aliphatic hydroxyl groups is 1. The van der Waals surface area contributed by atoms with Gasteiger partial charge < -0.3 is 20.8 Å². The third kappa shape index (κ3) is 6.04. The zero-order valence-electron chi connectivity index (χ0n) is 32.9. The van der Waals surface area contributed by atoms with Gasteiger partial charge in [-0.05, 0) is 159 Å². The normalized spacial score (nSPS) is 38.4. The first-order valence-electron chi connectivity index (χ1n) is 20.3. The Morgan fingerprint density at radius 2 is 1.64 bits per heavy atom. The molecule has 2 amide bonds. The molecule has 0 bridgehead atoms. The number of hydrogen-bond acceptors (Lipinski definition) is 5. The number of carboxylic acid groups (broad SMARTS) is 1. The van der Waals surface area contributed by atoms with E-state index in [0.717, 1.165) is 55.4 Å². The van der Waals surface area contributed by atoms with E-state index in [0.29, 0.717) is 53.6 Å². The summed E-state index contributed by atoms with van der Waals surface area (Å²) in [4.78, 5) is 40.2. The van der Waals surface area contributed by atoms with Gasteiger partial charge in [0.15, 0.2) is 0 Å². The van der Waals surface area contributed by atoms with Gasteiger partial charge in [0.2, 0.25) is 5.91 Å². The summed E-state index contributed by atoms with van der Waals surface area (Å²) in [5, 5.41) is 26.7. The Balaban J connectivity index is 1.06. The van der Waals surface area contributed by atoms with Gasteiger partial charge in [0.1, 0.15) is 4.88 Å². The minimum absolute atomic E-state index is 0.0641. The maximum atomic E-state index is 14.7. The van der Waals surface area contributed by atoms with Crippen molar-refractivity contribution in [3.63, 3.8) is 0 Å². The number of carbonyl (C=O) groups excluding carboxylic acids is 2. The fourth-order valence-corrected chi connectivity index (χ4v) is 14.6. The van der Waals surface area contributed by atoms with E-state index in [2.05, 4.69) is 58.8 Å². The fraction of sp³-hybridized carbons (Fsp3) is 0.667. The number of nitrogens with one attached hydrogen (secondary N) is 2. The number of rotatable bonds is 9. The summed E-state index contributed by atoms with van der Waals surface area (Å²) < 4.78 is 0. The number of aromatic carboxylic acids is 1. The number of amides is 2. The number of benzene rings is 1. The summed E-state index contributed by atoms with van der Waals surface area (Å²) in [7, 11) is 0. The van der Waals surface area contributed by atoms with Gasteiger partial charge in [-0.3, -0.25) is 9.59 Å². The van der Waals surface area contributed by atoms with Crippen molar-refractivity contribution >= 4 is 29.1 Å². The highest BCUT2D eigenvalue weighted by molar-refractivity contribution is 7.13. The van der Waals surface area contributed by atoms with Crippen LogP contribution in [0.1, 0.15) is 136 Å². The van der Waals surface area contributed by atoms with Crippen LogP contribution < -0.4 is 10.6 Å². The van der Waals surface area contributed by atoms with Crippen LogP contribution in [0.2, 0.25) is 0 Å². The van der Waals surface area contributed by atoms with E-state index in [1.807, 2.05) is 18.2 Å². The van der Waals surface area contributed by atoms with Gasteiger partial charge in [-0.2, -0.15) is 0 Å². The van der Waals surface area contributed by atoms with E-state index in [-0.39, 0.29) is 45.5 Å². The number of aliphatic hydroxyl groups excluding tert-OH is 1. The largest absolute Gasteiger partial charge is 0.477 e. The van der Waals surface area contributed by atoms with Crippen LogP contribution in [0.5, 0.6) is 0 Å². The molecule has 7 nitrogen and oxygen atoms in total. The first-order valence-corrected chi connectivity index (χ1v) is 21.1. The van der Waals surface area contributed by atoms with Gasteiger partial charge in [0.25, 0.3) is 5.91 Å². The lowest BCUT2D eigenvalue weighted by atomic mass is 9.32. The zero-order valence-corrected chi connectivity index (χ0v) is 33.7. The first-order chi connectivity index (χ1) is 25.0. The fourth-order valence-electron chi connectivity index (χ4n) is 13.7. The Morgan fingerprint density at radius 1 is 0.868 bits per heavy atom. The Hall–Kier alpha value is -2.97. The number of thiophene rings is 1. The number of carboxylic acids is 1. The molecule has 5 aliphatic rings. The van der Waals surface area contributed by atoms with E-state index >= 15 is 0 Å². The van der Waals surface area contributed by atoms with Gasteiger partial charge >= 0.3 is 5.97 Å². The molecule has 53 heavy (non-hydrogen) atoms. The van der Waals surface area contributed by atoms with Crippen molar-refractivity contribution < 1.29 is 24.6 Å². The SMILES string of the molecule is C=C(C)[C@@H]1CC[C@]2(C(=O)NCc3cccc(C(=O)NCCc4ccc(C(=O)O)s4)c3)CC[C@]3(C)C(CC[C@@H]4[C@@]5(C)CC[C@H](O)C(C)(C)C5CC[C@]43C)[C@@H]12. The monoisotopic (exact) mass is 742 g/mol. The van der Waals surface area contributed by atoms with E-state index in [4.69, 9.17) is 0 Å². The number of allylic oxidation sites excluding steroid dienone is 1. The average Bonchev–Trinajstić information content (AvgIpc) is 3.76. The molecule has 8 heteroatoms. The molecule has 1 heterocycles. The Morgan fingerprint density at radius 3 is 2.36 bits per heavy atom. The summed E-state index contributed by atoms with van der Waals surface area (Å²) in [6.07, 6.45) is 11.0. The van der Waals surface area contributed by atoms with Crippen LogP contribution >= 0.6 is 11.3 Å². The van der Waals surface area contributed by atoms with Crippen molar-refractivity contribution in [2.75, 3.05) is 6.54 Å². The number of hydrogen-bond donors (Lipinski definition) is 4. The van der Waals surface area contributed by atoms with Crippen LogP contribution in [0.15, 0.2) is 48.6 Å². The highest BCUT2D eigenvalue weighted by Crippen LogP contribution is 2.77. The third-order valence-corrected chi connectivity index (χ3v) is 17.8. The minimum Gasteiger partial charge on any atom is -0.477 e. The molecule has 5 fully saturated rings. The Bertz CT molecular complexity index is 1780. The minimum atomic E-state index is -0.936. The third-order valence-electron chi connectivity index (χ3n) is 16.7. The molecular formula is C45H62N2O5S. The molecule has 5 aliphatic carbocycles. The molecule has 0 aliphatic heterocycles. The van der Waals surface area contributed by atoms with Gasteiger partial charge in [0.05, 0.1) is 11.5 Å².